The molecule has 4 heterocycles. The van der Waals surface area contributed by atoms with Crippen molar-refractivity contribution in [2.45, 2.75) is 6.92 Å². The van der Waals surface area contributed by atoms with Crippen molar-refractivity contribution in [3.05, 3.63) is 35.3 Å². The lowest BCUT2D eigenvalue weighted by Gasteiger charge is -2.28. The van der Waals surface area contributed by atoms with Gasteiger partial charge in [-0.05, 0) is 19.1 Å². The van der Waals surface area contributed by atoms with E-state index >= 15 is 0 Å². The number of morpholine rings is 1. The molecule has 1 aromatic carbocycles. The number of fused-ring (bicyclic) bond motifs is 2. The molecule has 9 nitrogen and oxygen atoms in total. The van der Waals surface area contributed by atoms with Crippen LogP contribution in [0.3, 0.4) is 0 Å². The first kappa shape index (κ1) is 20.7. The standard InChI is InChI=1S/C18H17N5OS.CH5NO2S/c1-11-9-15-16(25-11)18(23-5-7-24-8-6-23)21-17(20-15)12-3-2-4-14-13(12)10-19-22-14;1-5(2,3)4/h2-4,9-10H,5-8H2,1H3,(H,19,22);1H3,(H2,2,3,4). The van der Waals surface area contributed by atoms with Crippen LogP contribution in [-0.4, -0.2) is 61.1 Å². The fourth-order valence-electron chi connectivity index (χ4n) is 3.31. The van der Waals surface area contributed by atoms with Gasteiger partial charge in [-0.25, -0.2) is 23.5 Å². The topological polar surface area (TPSA) is 127 Å². The number of thiophene rings is 1. The van der Waals surface area contributed by atoms with Crippen LogP contribution in [0.4, 0.5) is 5.82 Å². The molecule has 1 fully saturated rings. The highest BCUT2D eigenvalue weighted by atomic mass is 32.2. The average molecular weight is 447 g/mol. The molecular formula is C19H22N6O3S2. The summed E-state index contributed by atoms with van der Waals surface area (Å²) in [6.07, 6.45) is 2.78. The van der Waals surface area contributed by atoms with Gasteiger partial charge < -0.3 is 9.64 Å². The largest absolute Gasteiger partial charge is 0.378 e. The van der Waals surface area contributed by atoms with Gasteiger partial charge >= 0.3 is 0 Å². The summed E-state index contributed by atoms with van der Waals surface area (Å²) in [6.45, 7) is 5.31. The SMILES string of the molecule is CS(N)(=O)=O.Cc1cc2nc(-c3cccc4[nH]ncc34)nc(N3CCOCC3)c2s1. The monoisotopic (exact) mass is 446 g/mol. The van der Waals surface area contributed by atoms with Crippen LogP contribution in [0.25, 0.3) is 32.5 Å². The fourth-order valence-corrected chi connectivity index (χ4v) is 4.27. The average Bonchev–Trinajstić information content (AvgIpc) is 3.31. The zero-order valence-corrected chi connectivity index (χ0v) is 18.3. The molecule has 1 aliphatic heterocycles. The van der Waals surface area contributed by atoms with Crippen molar-refractivity contribution in [1.82, 2.24) is 20.2 Å². The number of hydrogen-bond donors (Lipinski definition) is 2. The number of sulfonamides is 1. The van der Waals surface area contributed by atoms with E-state index in [-0.39, 0.29) is 0 Å². The molecule has 0 bridgehead atoms. The summed E-state index contributed by atoms with van der Waals surface area (Å²) in [5.41, 5.74) is 3.01. The molecule has 0 saturated carbocycles. The van der Waals surface area contributed by atoms with E-state index in [1.54, 1.807) is 11.3 Å². The summed E-state index contributed by atoms with van der Waals surface area (Å²) in [6, 6.07) is 8.23. The van der Waals surface area contributed by atoms with Crippen LogP contribution in [0.5, 0.6) is 0 Å². The van der Waals surface area contributed by atoms with E-state index in [4.69, 9.17) is 14.7 Å². The first-order valence-corrected chi connectivity index (χ1v) is 12.1. The van der Waals surface area contributed by atoms with Gasteiger partial charge in [0.05, 0.1) is 41.4 Å². The number of aryl methyl sites for hydroxylation is 1. The number of anilines is 1. The lowest BCUT2D eigenvalue weighted by atomic mass is 10.1. The Hall–Kier alpha value is -2.60. The maximum atomic E-state index is 9.41. The van der Waals surface area contributed by atoms with Crippen LogP contribution >= 0.6 is 11.3 Å². The Bertz CT molecular complexity index is 1280. The van der Waals surface area contributed by atoms with Crippen LogP contribution in [0.2, 0.25) is 0 Å². The molecule has 5 rings (SSSR count). The van der Waals surface area contributed by atoms with Gasteiger partial charge in [0.2, 0.25) is 10.0 Å². The fraction of sp³-hybridized carbons (Fsp3) is 0.316. The van der Waals surface area contributed by atoms with Gasteiger partial charge in [-0.3, -0.25) is 5.10 Å². The Labute approximate surface area is 177 Å². The van der Waals surface area contributed by atoms with Gasteiger partial charge in [0.1, 0.15) is 0 Å². The number of H-pyrrole nitrogens is 1. The summed E-state index contributed by atoms with van der Waals surface area (Å²) < 4.78 is 25.5. The first-order chi connectivity index (χ1) is 14.3. The molecule has 0 aliphatic carbocycles. The lowest BCUT2D eigenvalue weighted by molar-refractivity contribution is 0.122. The second-order valence-electron chi connectivity index (χ2n) is 7.01. The smallest absolute Gasteiger partial charge is 0.206 e. The molecule has 1 aliphatic rings. The van der Waals surface area contributed by atoms with Crippen molar-refractivity contribution in [2.75, 3.05) is 37.5 Å². The van der Waals surface area contributed by atoms with E-state index in [9.17, 15) is 8.42 Å². The Morgan fingerprint density at radius 2 is 1.97 bits per heavy atom. The Balaban J connectivity index is 0.000000393. The van der Waals surface area contributed by atoms with Gasteiger partial charge in [-0.1, -0.05) is 12.1 Å². The highest BCUT2D eigenvalue weighted by molar-refractivity contribution is 7.88. The summed E-state index contributed by atoms with van der Waals surface area (Å²) in [5.74, 6) is 1.76. The third-order valence-corrected chi connectivity index (χ3v) is 5.55. The molecule has 4 aromatic rings. The Kier molecular flexibility index (Phi) is 5.69. The maximum Gasteiger partial charge on any atom is 0.206 e. The number of aromatic amines is 1. The number of primary sulfonamides is 1. The lowest BCUT2D eigenvalue weighted by Crippen LogP contribution is -2.36. The molecule has 3 N–H and O–H groups in total. The van der Waals surface area contributed by atoms with E-state index in [0.29, 0.717) is 0 Å². The van der Waals surface area contributed by atoms with Crippen LogP contribution in [0.1, 0.15) is 4.88 Å². The van der Waals surface area contributed by atoms with Crippen molar-refractivity contribution in [1.29, 1.82) is 0 Å². The van der Waals surface area contributed by atoms with E-state index in [1.165, 1.54) is 4.88 Å². The number of nitrogens with zero attached hydrogens (tertiary/aromatic N) is 4. The third kappa shape index (κ3) is 4.59. The predicted molar refractivity (Wildman–Crippen MR) is 119 cm³/mol. The molecule has 11 heteroatoms. The number of ether oxygens (including phenoxy) is 1. The quantitative estimate of drug-likeness (QED) is 0.483. The molecule has 1 saturated heterocycles. The highest BCUT2D eigenvalue weighted by Crippen LogP contribution is 2.35. The number of nitrogens with two attached hydrogens (primary N) is 1. The minimum atomic E-state index is -3.17. The number of aromatic nitrogens is 4. The van der Waals surface area contributed by atoms with Gasteiger partial charge in [0.25, 0.3) is 0 Å². The Morgan fingerprint density at radius 3 is 2.70 bits per heavy atom. The minimum absolute atomic E-state index is 0.739. The number of benzene rings is 1. The molecule has 0 amide bonds. The third-order valence-electron chi connectivity index (χ3n) is 4.51. The van der Waals surface area contributed by atoms with Gasteiger partial charge in [-0.15, -0.1) is 11.3 Å². The van der Waals surface area contributed by atoms with Crippen LogP contribution in [0.15, 0.2) is 30.5 Å². The van der Waals surface area contributed by atoms with Crippen LogP contribution in [-0.2, 0) is 14.8 Å². The van der Waals surface area contributed by atoms with E-state index in [0.717, 1.165) is 70.9 Å². The molecular weight excluding hydrogens is 424 g/mol. The van der Waals surface area contributed by atoms with Gasteiger partial charge in [0, 0.05) is 28.9 Å². The maximum absolute atomic E-state index is 9.41. The van der Waals surface area contributed by atoms with Crippen molar-refractivity contribution in [3.63, 3.8) is 0 Å². The number of hydrogen-bond acceptors (Lipinski definition) is 8. The van der Waals surface area contributed by atoms with E-state index in [2.05, 4.69) is 39.3 Å². The number of nitrogens with one attached hydrogen (secondary N) is 1. The van der Waals surface area contributed by atoms with Gasteiger partial charge in [-0.2, -0.15) is 5.10 Å². The van der Waals surface area contributed by atoms with Crippen molar-refractivity contribution in [2.24, 2.45) is 5.14 Å². The van der Waals surface area contributed by atoms with Crippen LogP contribution < -0.4 is 10.0 Å². The second kappa shape index (κ2) is 8.26. The number of rotatable bonds is 2. The van der Waals surface area contributed by atoms with Gasteiger partial charge in [0.15, 0.2) is 11.6 Å². The zero-order chi connectivity index (χ0) is 21.3. The molecule has 30 heavy (non-hydrogen) atoms. The molecule has 0 spiro atoms. The summed E-state index contributed by atoms with van der Waals surface area (Å²) in [7, 11) is -3.17. The summed E-state index contributed by atoms with van der Waals surface area (Å²) in [4.78, 5) is 13.4. The molecule has 0 radical (unpaired) electrons. The predicted octanol–water partition coefficient (Wildman–Crippen LogP) is 2.28. The molecule has 0 atom stereocenters. The Morgan fingerprint density at radius 1 is 1.23 bits per heavy atom. The van der Waals surface area contributed by atoms with Crippen molar-refractivity contribution in [3.8, 4) is 11.4 Å². The van der Waals surface area contributed by atoms with Crippen molar-refractivity contribution < 1.29 is 13.2 Å². The molecule has 0 unspecified atom stereocenters. The van der Waals surface area contributed by atoms with Crippen LogP contribution in [0, 0.1) is 6.92 Å². The zero-order valence-electron chi connectivity index (χ0n) is 16.6. The highest BCUT2D eigenvalue weighted by Gasteiger charge is 2.20. The van der Waals surface area contributed by atoms with E-state index in [1.807, 2.05) is 18.3 Å². The molecule has 158 valence electrons. The second-order valence-corrected chi connectivity index (χ2v) is 9.92. The first-order valence-electron chi connectivity index (χ1n) is 9.31. The minimum Gasteiger partial charge on any atom is -0.378 e. The molecule has 3 aromatic heterocycles. The van der Waals surface area contributed by atoms with E-state index < -0.39 is 10.0 Å². The summed E-state index contributed by atoms with van der Waals surface area (Å²) >= 11 is 1.76. The van der Waals surface area contributed by atoms with Crippen molar-refractivity contribution >= 4 is 48.3 Å². The summed E-state index contributed by atoms with van der Waals surface area (Å²) in [5, 5.41) is 12.5. The normalized spacial score (nSPS) is 14.7.